The van der Waals surface area contributed by atoms with Gasteiger partial charge in [-0.05, 0) is 31.9 Å². The quantitative estimate of drug-likeness (QED) is 0.743. The summed E-state index contributed by atoms with van der Waals surface area (Å²) in [5, 5.41) is 0. The second-order valence-corrected chi connectivity index (χ2v) is 4.58. The SMILES string of the molecule is Cc1ccc(CN(C(=O)CCCl)C2CC2)o1. The van der Waals surface area contributed by atoms with Gasteiger partial charge in [0.25, 0.3) is 0 Å². The second kappa shape index (κ2) is 4.91. The fourth-order valence-corrected chi connectivity index (χ4v) is 1.93. The highest BCUT2D eigenvalue weighted by Gasteiger charge is 2.32. The van der Waals surface area contributed by atoms with E-state index < -0.39 is 0 Å². The van der Waals surface area contributed by atoms with Crippen molar-refractivity contribution in [2.24, 2.45) is 0 Å². The predicted octanol–water partition coefficient (Wildman–Crippen LogP) is 2.71. The van der Waals surface area contributed by atoms with E-state index in [0.717, 1.165) is 24.4 Å². The lowest BCUT2D eigenvalue weighted by molar-refractivity contribution is -0.132. The summed E-state index contributed by atoms with van der Waals surface area (Å²) in [5.74, 6) is 2.26. The molecule has 4 heteroatoms. The summed E-state index contributed by atoms with van der Waals surface area (Å²) in [6, 6.07) is 4.26. The van der Waals surface area contributed by atoms with Crippen LogP contribution >= 0.6 is 11.6 Å². The standard InChI is InChI=1S/C12H16ClNO2/c1-9-2-5-11(16-9)8-14(10-3-4-10)12(15)6-7-13/h2,5,10H,3-4,6-8H2,1H3. The minimum absolute atomic E-state index is 0.131. The smallest absolute Gasteiger partial charge is 0.224 e. The van der Waals surface area contributed by atoms with E-state index in [-0.39, 0.29) is 5.91 Å². The lowest BCUT2D eigenvalue weighted by Crippen LogP contribution is -2.32. The molecule has 1 saturated carbocycles. The van der Waals surface area contributed by atoms with Gasteiger partial charge in [-0.15, -0.1) is 11.6 Å². The number of nitrogens with zero attached hydrogens (tertiary/aromatic N) is 1. The molecule has 88 valence electrons. The first-order valence-electron chi connectivity index (χ1n) is 5.61. The number of aryl methyl sites for hydroxylation is 1. The van der Waals surface area contributed by atoms with E-state index in [1.807, 2.05) is 24.0 Å². The molecule has 0 bridgehead atoms. The van der Waals surface area contributed by atoms with Crippen LogP contribution in [0.2, 0.25) is 0 Å². The molecule has 0 aliphatic heterocycles. The summed E-state index contributed by atoms with van der Waals surface area (Å²) in [6.45, 7) is 2.49. The zero-order chi connectivity index (χ0) is 11.5. The number of alkyl halides is 1. The van der Waals surface area contributed by atoms with Crippen LogP contribution in [0.4, 0.5) is 0 Å². The first kappa shape index (κ1) is 11.5. The summed E-state index contributed by atoms with van der Waals surface area (Å²) >= 11 is 5.60. The Bertz CT molecular complexity index is 371. The summed E-state index contributed by atoms with van der Waals surface area (Å²) < 4.78 is 5.49. The number of hydrogen-bond acceptors (Lipinski definition) is 2. The van der Waals surface area contributed by atoms with Gasteiger partial charge in [-0.25, -0.2) is 0 Å². The van der Waals surface area contributed by atoms with Crippen molar-refractivity contribution < 1.29 is 9.21 Å². The van der Waals surface area contributed by atoms with E-state index in [1.54, 1.807) is 0 Å². The van der Waals surface area contributed by atoms with Crippen molar-refractivity contribution in [3.63, 3.8) is 0 Å². The Morgan fingerprint density at radius 1 is 1.56 bits per heavy atom. The molecule has 0 saturated heterocycles. The largest absolute Gasteiger partial charge is 0.464 e. The molecule has 0 atom stereocenters. The van der Waals surface area contributed by atoms with Crippen LogP contribution in [-0.2, 0) is 11.3 Å². The molecule has 1 heterocycles. The number of amides is 1. The first-order valence-corrected chi connectivity index (χ1v) is 6.15. The summed E-state index contributed by atoms with van der Waals surface area (Å²) in [6.07, 6.45) is 2.62. The van der Waals surface area contributed by atoms with Crippen molar-refractivity contribution in [3.05, 3.63) is 23.7 Å². The first-order chi connectivity index (χ1) is 7.70. The minimum Gasteiger partial charge on any atom is -0.464 e. The van der Waals surface area contributed by atoms with Crippen LogP contribution in [-0.4, -0.2) is 22.7 Å². The van der Waals surface area contributed by atoms with Gasteiger partial charge in [0.2, 0.25) is 5.91 Å². The molecule has 3 nitrogen and oxygen atoms in total. The number of rotatable bonds is 5. The van der Waals surface area contributed by atoms with E-state index in [2.05, 4.69) is 0 Å². The molecule has 1 aromatic rings. The molecule has 1 aliphatic rings. The van der Waals surface area contributed by atoms with Gasteiger partial charge in [-0.3, -0.25) is 4.79 Å². The lowest BCUT2D eigenvalue weighted by Gasteiger charge is -2.20. The Kier molecular flexibility index (Phi) is 3.54. The molecular formula is C12H16ClNO2. The number of halogens is 1. The molecule has 0 aromatic carbocycles. The normalized spacial score (nSPS) is 15.1. The lowest BCUT2D eigenvalue weighted by atomic mass is 10.3. The average molecular weight is 242 g/mol. The van der Waals surface area contributed by atoms with Gasteiger partial charge >= 0.3 is 0 Å². The zero-order valence-corrected chi connectivity index (χ0v) is 10.2. The van der Waals surface area contributed by atoms with Crippen LogP contribution < -0.4 is 0 Å². The van der Waals surface area contributed by atoms with Gasteiger partial charge in [0.1, 0.15) is 11.5 Å². The molecule has 1 aliphatic carbocycles. The second-order valence-electron chi connectivity index (χ2n) is 4.20. The summed E-state index contributed by atoms with van der Waals surface area (Å²) in [4.78, 5) is 13.7. The van der Waals surface area contributed by atoms with Crippen molar-refractivity contribution in [1.29, 1.82) is 0 Å². The third-order valence-electron chi connectivity index (χ3n) is 2.74. The molecule has 0 unspecified atom stereocenters. The Morgan fingerprint density at radius 2 is 2.31 bits per heavy atom. The number of carbonyl (C=O) groups excluding carboxylic acids is 1. The fourth-order valence-electron chi connectivity index (χ4n) is 1.77. The van der Waals surface area contributed by atoms with Crippen molar-refractivity contribution in [2.75, 3.05) is 5.88 Å². The van der Waals surface area contributed by atoms with Crippen LogP contribution in [0.3, 0.4) is 0 Å². The monoisotopic (exact) mass is 241 g/mol. The molecular weight excluding hydrogens is 226 g/mol. The van der Waals surface area contributed by atoms with E-state index in [4.69, 9.17) is 16.0 Å². The molecule has 0 radical (unpaired) electrons. The van der Waals surface area contributed by atoms with Gasteiger partial charge in [0.05, 0.1) is 6.54 Å². The summed E-state index contributed by atoms with van der Waals surface area (Å²) in [5.41, 5.74) is 0. The van der Waals surface area contributed by atoms with Gasteiger partial charge in [-0.1, -0.05) is 0 Å². The fraction of sp³-hybridized carbons (Fsp3) is 0.583. The number of carbonyl (C=O) groups is 1. The topological polar surface area (TPSA) is 33.5 Å². The van der Waals surface area contributed by atoms with E-state index >= 15 is 0 Å². The molecule has 2 rings (SSSR count). The van der Waals surface area contributed by atoms with Gasteiger partial charge in [-0.2, -0.15) is 0 Å². The highest BCUT2D eigenvalue weighted by molar-refractivity contribution is 6.18. The molecule has 0 N–H and O–H groups in total. The maximum Gasteiger partial charge on any atom is 0.224 e. The highest BCUT2D eigenvalue weighted by Crippen LogP contribution is 2.29. The van der Waals surface area contributed by atoms with Crippen LogP contribution in [0.15, 0.2) is 16.5 Å². The van der Waals surface area contributed by atoms with E-state index in [1.165, 1.54) is 0 Å². The molecule has 0 spiro atoms. The van der Waals surface area contributed by atoms with Crippen LogP contribution in [0.1, 0.15) is 30.8 Å². The maximum absolute atomic E-state index is 11.8. The Labute approximate surface area is 100 Å². The third kappa shape index (κ3) is 2.79. The highest BCUT2D eigenvalue weighted by atomic mass is 35.5. The Morgan fingerprint density at radius 3 is 2.81 bits per heavy atom. The van der Waals surface area contributed by atoms with Gasteiger partial charge < -0.3 is 9.32 Å². The third-order valence-corrected chi connectivity index (χ3v) is 2.93. The maximum atomic E-state index is 11.8. The van der Waals surface area contributed by atoms with E-state index in [0.29, 0.717) is 24.9 Å². The van der Waals surface area contributed by atoms with Gasteiger partial charge in [0.15, 0.2) is 0 Å². The van der Waals surface area contributed by atoms with Crippen molar-refractivity contribution in [2.45, 2.75) is 38.8 Å². The minimum atomic E-state index is 0.131. The van der Waals surface area contributed by atoms with Crippen molar-refractivity contribution in [1.82, 2.24) is 4.90 Å². The molecule has 16 heavy (non-hydrogen) atoms. The number of hydrogen-bond donors (Lipinski definition) is 0. The van der Waals surface area contributed by atoms with Crippen molar-refractivity contribution >= 4 is 17.5 Å². The molecule has 1 aromatic heterocycles. The summed E-state index contributed by atoms with van der Waals surface area (Å²) in [7, 11) is 0. The molecule has 1 fully saturated rings. The average Bonchev–Trinajstić information content (AvgIpc) is 3.00. The zero-order valence-electron chi connectivity index (χ0n) is 9.41. The van der Waals surface area contributed by atoms with E-state index in [9.17, 15) is 4.79 Å². The number of furan rings is 1. The van der Waals surface area contributed by atoms with Gasteiger partial charge in [0, 0.05) is 18.3 Å². The Hall–Kier alpha value is -0.960. The van der Waals surface area contributed by atoms with Crippen LogP contribution in [0, 0.1) is 6.92 Å². The predicted molar refractivity (Wildman–Crippen MR) is 62.4 cm³/mol. The molecule has 1 amide bonds. The van der Waals surface area contributed by atoms with Crippen LogP contribution in [0.5, 0.6) is 0 Å². The van der Waals surface area contributed by atoms with Crippen molar-refractivity contribution in [3.8, 4) is 0 Å². The van der Waals surface area contributed by atoms with Crippen LogP contribution in [0.25, 0.3) is 0 Å². The Balaban J connectivity index is 2.00.